The summed E-state index contributed by atoms with van der Waals surface area (Å²) in [5.41, 5.74) is 1.61. The van der Waals surface area contributed by atoms with Crippen molar-refractivity contribution in [3.05, 3.63) is 65.5 Å². The van der Waals surface area contributed by atoms with Gasteiger partial charge in [-0.2, -0.15) is 0 Å². The van der Waals surface area contributed by atoms with E-state index in [1.807, 2.05) is 0 Å². The van der Waals surface area contributed by atoms with E-state index in [0.717, 1.165) is 17.1 Å². The average Bonchev–Trinajstić information content (AvgIpc) is 2.91. The summed E-state index contributed by atoms with van der Waals surface area (Å²) in [7, 11) is 0. The lowest BCUT2D eigenvalue weighted by molar-refractivity contribution is 0.895. The zero-order valence-corrected chi connectivity index (χ0v) is 13.0. The smallest absolute Gasteiger partial charge is 0.0342 e. The number of hydrogen-bond donors (Lipinski definition) is 0. The van der Waals surface area contributed by atoms with Crippen LogP contribution in [0.2, 0.25) is 0 Å². The summed E-state index contributed by atoms with van der Waals surface area (Å²) in [6.45, 7) is 2.36. The molecule has 0 amide bonds. The second kappa shape index (κ2) is 4.94. The Morgan fingerprint density at radius 1 is 0.900 bits per heavy atom. The Hall–Kier alpha value is -1.25. The number of rotatable bonds is 0. The summed E-state index contributed by atoms with van der Waals surface area (Å²) in [4.78, 5) is 1.53. The standard InChI is InChI=1S/C10H10S.C8H6S/c1-6-9-7-4-2-3-5-8(7)11-10(6)9;1-2-4-8-7(3-1)5-6-9-8/h2-6,9-10H,1H3;1-6H. The van der Waals surface area contributed by atoms with E-state index in [0.29, 0.717) is 0 Å². The molecule has 2 heterocycles. The van der Waals surface area contributed by atoms with E-state index in [1.54, 1.807) is 16.9 Å². The van der Waals surface area contributed by atoms with Crippen molar-refractivity contribution >= 4 is 33.2 Å². The van der Waals surface area contributed by atoms with Crippen LogP contribution in [0.3, 0.4) is 0 Å². The third-order valence-electron chi connectivity index (χ3n) is 4.20. The molecular weight excluding hydrogens is 280 g/mol. The molecule has 2 aliphatic rings. The molecule has 5 rings (SSSR count). The molecule has 0 bridgehead atoms. The Bertz CT molecular complexity index is 714. The van der Waals surface area contributed by atoms with Gasteiger partial charge in [0, 0.05) is 20.8 Å². The molecule has 1 fully saturated rings. The fraction of sp³-hybridized carbons (Fsp3) is 0.222. The SMILES string of the molecule is CC1C2Sc3ccccc3C12.c1ccc2sccc2c1. The third kappa shape index (κ3) is 2.07. The molecule has 2 heteroatoms. The lowest BCUT2D eigenvalue weighted by Crippen LogP contribution is -1.82. The first-order valence-electron chi connectivity index (χ1n) is 7.02. The topological polar surface area (TPSA) is 0 Å². The first-order valence-corrected chi connectivity index (χ1v) is 8.78. The highest BCUT2D eigenvalue weighted by Crippen LogP contribution is 2.64. The van der Waals surface area contributed by atoms with Gasteiger partial charge < -0.3 is 0 Å². The van der Waals surface area contributed by atoms with Crippen molar-refractivity contribution < 1.29 is 0 Å². The zero-order chi connectivity index (χ0) is 13.5. The summed E-state index contributed by atoms with van der Waals surface area (Å²) < 4.78 is 1.37. The molecule has 0 radical (unpaired) electrons. The van der Waals surface area contributed by atoms with Crippen molar-refractivity contribution in [1.29, 1.82) is 0 Å². The van der Waals surface area contributed by atoms with Crippen LogP contribution in [-0.2, 0) is 0 Å². The van der Waals surface area contributed by atoms with Gasteiger partial charge >= 0.3 is 0 Å². The highest BCUT2D eigenvalue weighted by atomic mass is 32.2. The zero-order valence-electron chi connectivity index (χ0n) is 11.3. The molecule has 1 aromatic heterocycles. The van der Waals surface area contributed by atoms with Gasteiger partial charge in [-0.25, -0.2) is 0 Å². The predicted molar refractivity (Wildman–Crippen MR) is 89.8 cm³/mol. The van der Waals surface area contributed by atoms with Crippen molar-refractivity contribution in [1.82, 2.24) is 0 Å². The Morgan fingerprint density at radius 2 is 1.70 bits per heavy atom. The summed E-state index contributed by atoms with van der Waals surface area (Å²) >= 11 is 3.86. The lowest BCUT2D eigenvalue weighted by atomic mass is 10.1. The highest BCUT2D eigenvalue weighted by molar-refractivity contribution is 8.00. The molecule has 0 N–H and O–H groups in total. The minimum Gasteiger partial charge on any atom is -0.144 e. The quantitative estimate of drug-likeness (QED) is 0.505. The van der Waals surface area contributed by atoms with Gasteiger partial charge in [0.1, 0.15) is 0 Å². The maximum absolute atomic E-state index is 2.36. The van der Waals surface area contributed by atoms with Crippen LogP contribution in [0.25, 0.3) is 10.1 Å². The Balaban J connectivity index is 0.000000108. The summed E-state index contributed by atoms with van der Waals surface area (Å²) in [5, 5.41) is 4.39. The Labute approximate surface area is 127 Å². The van der Waals surface area contributed by atoms with Gasteiger partial charge in [0.05, 0.1) is 0 Å². The van der Waals surface area contributed by atoms with E-state index in [4.69, 9.17) is 0 Å². The fourth-order valence-corrected chi connectivity index (χ4v) is 5.40. The summed E-state index contributed by atoms with van der Waals surface area (Å²) in [6, 6.07) is 19.4. The second-order valence-corrected chi connectivity index (χ2v) is 7.63. The van der Waals surface area contributed by atoms with E-state index >= 15 is 0 Å². The van der Waals surface area contributed by atoms with Crippen LogP contribution in [0.15, 0.2) is 64.9 Å². The molecule has 1 saturated carbocycles. The number of hydrogen-bond acceptors (Lipinski definition) is 2. The second-order valence-electron chi connectivity index (χ2n) is 5.46. The third-order valence-corrected chi connectivity index (χ3v) is 6.72. The molecular formula is C18H16S2. The van der Waals surface area contributed by atoms with Gasteiger partial charge in [-0.1, -0.05) is 43.3 Å². The maximum Gasteiger partial charge on any atom is 0.0342 e. The largest absolute Gasteiger partial charge is 0.144 e. The fourth-order valence-electron chi connectivity index (χ4n) is 2.98. The number of benzene rings is 2. The van der Waals surface area contributed by atoms with Crippen LogP contribution in [0, 0.1) is 5.92 Å². The molecule has 20 heavy (non-hydrogen) atoms. The van der Waals surface area contributed by atoms with E-state index in [9.17, 15) is 0 Å². The van der Waals surface area contributed by atoms with Gasteiger partial charge in [-0.05, 0) is 40.4 Å². The van der Waals surface area contributed by atoms with Crippen molar-refractivity contribution in [2.45, 2.75) is 23.0 Å². The molecule has 0 nitrogen and oxygen atoms in total. The van der Waals surface area contributed by atoms with Crippen molar-refractivity contribution in [2.24, 2.45) is 5.92 Å². The normalized spacial score (nSPS) is 25.6. The van der Waals surface area contributed by atoms with Crippen LogP contribution < -0.4 is 0 Å². The van der Waals surface area contributed by atoms with Crippen LogP contribution in [-0.4, -0.2) is 5.25 Å². The molecule has 0 spiro atoms. The highest BCUT2D eigenvalue weighted by Gasteiger charge is 2.53. The average molecular weight is 296 g/mol. The lowest BCUT2D eigenvalue weighted by Gasteiger charge is -2.01. The molecule has 0 saturated heterocycles. The first kappa shape index (κ1) is 12.5. The molecule has 3 atom stereocenters. The molecule has 3 unspecified atom stereocenters. The Morgan fingerprint density at radius 3 is 2.60 bits per heavy atom. The minimum absolute atomic E-state index is 0.899. The van der Waals surface area contributed by atoms with Crippen molar-refractivity contribution in [3.63, 3.8) is 0 Å². The maximum atomic E-state index is 2.36. The van der Waals surface area contributed by atoms with Gasteiger partial charge in [0.2, 0.25) is 0 Å². The minimum atomic E-state index is 0.899. The first-order chi connectivity index (χ1) is 9.84. The van der Waals surface area contributed by atoms with Crippen LogP contribution >= 0.6 is 23.1 Å². The number of fused-ring (bicyclic) bond motifs is 4. The summed E-state index contributed by atoms with van der Waals surface area (Å²) in [5.74, 6) is 1.84. The van der Waals surface area contributed by atoms with Gasteiger partial charge in [-0.15, -0.1) is 23.1 Å². The van der Waals surface area contributed by atoms with E-state index in [1.165, 1.54) is 15.0 Å². The molecule has 1 aliphatic heterocycles. The van der Waals surface area contributed by atoms with Gasteiger partial charge in [0.25, 0.3) is 0 Å². The predicted octanol–water partition coefficient (Wildman–Crippen LogP) is 5.80. The monoisotopic (exact) mass is 296 g/mol. The molecule has 100 valence electrons. The molecule has 2 aromatic carbocycles. The molecule has 3 aromatic rings. The van der Waals surface area contributed by atoms with Crippen molar-refractivity contribution in [3.8, 4) is 0 Å². The van der Waals surface area contributed by atoms with E-state index in [2.05, 4.69) is 78.7 Å². The van der Waals surface area contributed by atoms with Gasteiger partial charge in [0.15, 0.2) is 0 Å². The van der Waals surface area contributed by atoms with Crippen LogP contribution in [0.5, 0.6) is 0 Å². The van der Waals surface area contributed by atoms with Crippen LogP contribution in [0.1, 0.15) is 18.4 Å². The number of thiophene rings is 1. The summed E-state index contributed by atoms with van der Waals surface area (Å²) in [6.07, 6.45) is 0. The van der Waals surface area contributed by atoms with Crippen molar-refractivity contribution in [2.75, 3.05) is 0 Å². The number of thioether (sulfide) groups is 1. The van der Waals surface area contributed by atoms with E-state index in [-0.39, 0.29) is 0 Å². The molecule has 1 aliphatic carbocycles. The van der Waals surface area contributed by atoms with Crippen LogP contribution in [0.4, 0.5) is 0 Å². The Kier molecular flexibility index (Phi) is 3.08. The van der Waals surface area contributed by atoms with Gasteiger partial charge in [-0.3, -0.25) is 0 Å². The van der Waals surface area contributed by atoms with E-state index < -0.39 is 0 Å².